The third-order valence-electron chi connectivity index (χ3n) is 3.69. The first-order valence-corrected chi connectivity index (χ1v) is 6.59. The van der Waals surface area contributed by atoms with Crippen molar-refractivity contribution in [3.05, 3.63) is 23.9 Å². The molecule has 0 amide bonds. The molecule has 0 saturated heterocycles. The van der Waals surface area contributed by atoms with Crippen LogP contribution in [0.25, 0.3) is 0 Å². The summed E-state index contributed by atoms with van der Waals surface area (Å²) in [7, 11) is 2.13. The Morgan fingerprint density at radius 3 is 2.82 bits per heavy atom. The van der Waals surface area contributed by atoms with Crippen LogP contribution in [0.5, 0.6) is 0 Å². The fraction of sp³-hybridized carbons (Fsp3) is 0.643. The summed E-state index contributed by atoms with van der Waals surface area (Å²) < 4.78 is 0. The summed E-state index contributed by atoms with van der Waals surface area (Å²) in [6.45, 7) is 3.13. The van der Waals surface area contributed by atoms with Gasteiger partial charge in [0.25, 0.3) is 0 Å². The van der Waals surface area contributed by atoms with Crippen molar-refractivity contribution in [3.8, 4) is 0 Å². The number of hydrogen-bond acceptors (Lipinski definition) is 3. The summed E-state index contributed by atoms with van der Waals surface area (Å²) in [5.74, 6) is 1.90. The van der Waals surface area contributed by atoms with Crippen LogP contribution in [0, 0.1) is 5.92 Å². The number of aromatic nitrogens is 1. The van der Waals surface area contributed by atoms with Crippen LogP contribution >= 0.6 is 0 Å². The zero-order valence-corrected chi connectivity index (χ0v) is 10.9. The van der Waals surface area contributed by atoms with Gasteiger partial charge in [-0.05, 0) is 43.4 Å². The van der Waals surface area contributed by atoms with Gasteiger partial charge < -0.3 is 10.6 Å². The number of nitrogens with two attached hydrogens (primary N) is 1. The molecule has 0 aliphatic heterocycles. The Kier molecular flexibility index (Phi) is 4.00. The maximum Gasteiger partial charge on any atom is 0.128 e. The molecule has 1 aromatic rings. The molecule has 3 nitrogen and oxygen atoms in total. The molecule has 0 unspecified atom stereocenters. The molecule has 1 atom stereocenters. The summed E-state index contributed by atoms with van der Waals surface area (Å²) in [4.78, 5) is 6.70. The highest BCUT2D eigenvalue weighted by Gasteiger charge is 2.17. The molecule has 94 valence electrons. The van der Waals surface area contributed by atoms with Crippen molar-refractivity contribution in [2.24, 2.45) is 11.7 Å². The summed E-state index contributed by atoms with van der Waals surface area (Å²) in [6.07, 6.45) is 7.39. The molecule has 1 aromatic heterocycles. The van der Waals surface area contributed by atoms with Crippen molar-refractivity contribution in [1.29, 1.82) is 0 Å². The Balaban J connectivity index is 2.02. The lowest BCUT2D eigenvalue weighted by molar-refractivity contribution is 0.545. The van der Waals surface area contributed by atoms with Crippen LogP contribution in [0.1, 0.15) is 44.2 Å². The Labute approximate surface area is 104 Å². The number of anilines is 1. The van der Waals surface area contributed by atoms with E-state index in [1.54, 1.807) is 0 Å². The van der Waals surface area contributed by atoms with Gasteiger partial charge in [-0.15, -0.1) is 0 Å². The molecular weight excluding hydrogens is 210 g/mol. The number of nitrogens with zero attached hydrogens (tertiary/aromatic N) is 2. The molecule has 1 fully saturated rings. The van der Waals surface area contributed by atoms with E-state index >= 15 is 0 Å². The lowest BCUT2D eigenvalue weighted by Gasteiger charge is -2.22. The SMILES string of the molecule is C[C@H](N)c1ccnc(N(C)CC2CCCC2)c1. The zero-order valence-electron chi connectivity index (χ0n) is 10.9. The number of hydrogen-bond donors (Lipinski definition) is 1. The smallest absolute Gasteiger partial charge is 0.128 e. The highest BCUT2D eigenvalue weighted by molar-refractivity contribution is 5.40. The standard InChI is InChI=1S/C14H23N3/c1-11(15)13-7-8-16-14(9-13)17(2)10-12-5-3-4-6-12/h7-9,11-12H,3-6,10,15H2,1-2H3/t11-/m0/s1. The average molecular weight is 233 g/mol. The van der Waals surface area contributed by atoms with Crippen molar-refractivity contribution in [2.75, 3.05) is 18.5 Å². The van der Waals surface area contributed by atoms with E-state index in [0.29, 0.717) is 0 Å². The first-order chi connectivity index (χ1) is 8.16. The summed E-state index contributed by atoms with van der Waals surface area (Å²) >= 11 is 0. The van der Waals surface area contributed by atoms with E-state index < -0.39 is 0 Å². The molecule has 3 heteroatoms. The summed E-state index contributed by atoms with van der Waals surface area (Å²) in [5, 5.41) is 0. The van der Waals surface area contributed by atoms with Crippen LogP contribution < -0.4 is 10.6 Å². The second-order valence-electron chi connectivity index (χ2n) is 5.27. The fourth-order valence-corrected chi connectivity index (χ4v) is 2.60. The molecule has 2 N–H and O–H groups in total. The quantitative estimate of drug-likeness (QED) is 0.869. The van der Waals surface area contributed by atoms with E-state index in [0.717, 1.165) is 23.8 Å². The zero-order chi connectivity index (χ0) is 12.3. The van der Waals surface area contributed by atoms with Crippen LogP contribution in [0.3, 0.4) is 0 Å². The van der Waals surface area contributed by atoms with Gasteiger partial charge in [-0.25, -0.2) is 4.98 Å². The van der Waals surface area contributed by atoms with Gasteiger partial charge >= 0.3 is 0 Å². The molecule has 0 spiro atoms. The average Bonchev–Trinajstić information content (AvgIpc) is 2.82. The van der Waals surface area contributed by atoms with Gasteiger partial charge in [0, 0.05) is 25.8 Å². The molecule has 1 saturated carbocycles. The minimum absolute atomic E-state index is 0.0802. The normalized spacial score (nSPS) is 18.3. The second kappa shape index (κ2) is 5.50. The largest absolute Gasteiger partial charge is 0.359 e. The number of rotatable bonds is 4. The third-order valence-corrected chi connectivity index (χ3v) is 3.69. The van der Waals surface area contributed by atoms with Gasteiger partial charge in [-0.2, -0.15) is 0 Å². The molecule has 1 aliphatic rings. The van der Waals surface area contributed by atoms with Crippen molar-refractivity contribution < 1.29 is 0 Å². The molecular formula is C14H23N3. The lowest BCUT2D eigenvalue weighted by Crippen LogP contribution is -2.25. The summed E-state index contributed by atoms with van der Waals surface area (Å²) in [5.41, 5.74) is 7.06. The Morgan fingerprint density at radius 1 is 1.47 bits per heavy atom. The fourth-order valence-electron chi connectivity index (χ4n) is 2.60. The minimum atomic E-state index is 0.0802. The summed E-state index contributed by atoms with van der Waals surface area (Å²) in [6, 6.07) is 4.19. The van der Waals surface area contributed by atoms with E-state index in [1.165, 1.54) is 25.7 Å². The Bertz CT molecular complexity index is 356. The van der Waals surface area contributed by atoms with E-state index in [2.05, 4.69) is 23.0 Å². The molecule has 0 radical (unpaired) electrons. The Hall–Kier alpha value is -1.09. The van der Waals surface area contributed by atoms with Gasteiger partial charge in [0.05, 0.1) is 0 Å². The van der Waals surface area contributed by atoms with E-state index in [9.17, 15) is 0 Å². The predicted molar refractivity (Wildman–Crippen MR) is 72.1 cm³/mol. The molecule has 1 heterocycles. The lowest BCUT2D eigenvalue weighted by atomic mass is 10.1. The molecule has 0 bridgehead atoms. The van der Waals surface area contributed by atoms with Crippen molar-refractivity contribution in [2.45, 2.75) is 38.6 Å². The highest BCUT2D eigenvalue weighted by Crippen LogP contribution is 2.26. The Morgan fingerprint density at radius 2 is 2.18 bits per heavy atom. The molecule has 2 rings (SSSR count). The minimum Gasteiger partial charge on any atom is -0.359 e. The maximum atomic E-state index is 5.90. The first kappa shape index (κ1) is 12.4. The van der Waals surface area contributed by atoms with Gasteiger partial charge in [-0.1, -0.05) is 12.8 Å². The number of pyridine rings is 1. The van der Waals surface area contributed by atoms with Gasteiger partial charge in [-0.3, -0.25) is 0 Å². The van der Waals surface area contributed by atoms with Crippen molar-refractivity contribution in [3.63, 3.8) is 0 Å². The van der Waals surface area contributed by atoms with Gasteiger partial charge in [0.15, 0.2) is 0 Å². The van der Waals surface area contributed by atoms with Crippen LogP contribution in [-0.4, -0.2) is 18.6 Å². The molecule has 0 aromatic carbocycles. The van der Waals surface area contributed by atoms with E-state index in [1.807, 2.05) is 19.2 Å². The van der Waals surface area contributed by atoms with Crippen LogP contribution in [0.2, 0.25) is 0 Å². The van der Waals surface area contributed by atoms with Gasteiger partial charge in [0.1, 0.15) is 5.82 Å². The monoisotopic (exact) mass is 233 g/mol. The van der Waals surface area contributed by atoms with E-state index in [4.69, 9.17) is 5.73 Å². The molecule has 17 heavy (non-hydrogen) atoms. The van der Waals surface area contributed by atoms with Gasteiger partial charge in [0.2, 0.25) is 0 Å². The van der Waals surface area contributed by atoms with Crippen molar-refractivity contribution in [1.82, 2.24) is 4.98 Å². The third kappa shape index (κ3) is 3.19. The predicted octanol–water partition coefficient (Wildman–Crippen LogP) is 2.73. The van der Waals surface area contributed by atoms with Crippen molar-refractivity contribution >= 4 is 5.82 Å². The van der Waals surface area contributed by atoms with Crippen LogP contribution in [-0.2, 0) is 0 Å². The van der Waals surface area contributed by atoms with E-state index in [-0.39, 0.29) is 6.04 Å². The molecule has 1 aliphatic carbocycles. The van der Waals surface area contributed by atoms with Crippen LogP contribution in [0.4, 0.5) is 5.82 Å². The highest BCUT2D eigenvalue weighted by atomic mass is 15.2. The first-order valence-electron chi connectivity index (χ1n) is 6.59. The second-order valence-corrected chi connectivity index (χ2v) is 5.27. The topological polar surface area (TPSA) is 42.1 Å². The van der Waals surface area contributed by atoms with Crippen LogP contribution in [0.15, 0.2) is 18.3 Å². The maximum absolute atomic E-state index is 5.90.